The molecule has 0 aliphatic carbocycles. The van der Waals surface area contributed by atoms with Crippen LogP contribution in [0.3, 0.4) is 0 Å². The molecule has 0 bridgehead atoms. The van der Waals surface area contributed by atoms with Crippen molar-refractivity contribution in [2.24, 2.45) is 0 Å². The number of hydrogen-bond donors (Lipinski definition) is 3. The zero-order valence-electron chi connectivity index (χ0n) is 12.2. The normalized spacial score (nSPS) is 11.7. The average molecular weight is 308 g/mol. The number of nitrogens with one attached hydrogen (secondary N) is 2. The molecule has 6 nitrogen and oxygen atoms in total. The molecule has 0 atom stereocenters. The number of sulfonamides is 1. The highest BCUT2D eigenvalue weighted by atomic mass is 32.2. The molecule has 0 aliphatic heterocycles. The van der Waals surface area contributed by atoms with Crippen LogP contribution < -0.4 is 10.5 Å². The monoisotopic (exact) mass is 308 g/mol. The van der Waals surface area contributed by atoms with Gasteiger partial charge in [0.05, 0.1) is 5.69 Å². The molecule has 2 rings (SSSR count). The summed E-state index contributed by atoms with van der Waals surface area (Å²) >= 11 is 0. The molecule has 21 heavy (non-hydrogen) atoms. The van der Waals surface area contributed by atoms with Gasteiger partial charge in [-0.2, -0.15) is 0 Å². The fourth-order valence-electron chi connectivity index (χ4n) is 2.13. The van der Waals surface area contributed by atoms with Crippen molar-refractivity contribution in [1.82, 2.24) is 14.7 Å². The molecule has 0 amide bonds. The number of hydrogen-bond acceptors (Lipinski definition) is 4. The minimum Gasteiger partial charge on any atom is -0.397 e. The van der Waals surface area contributed by atoms with Gasteiger partial charge in [-0.25, -0.2) is 18.1 Å². The van der Waals surface area contributed by atoms with Crippen LogP contribution in [-0.2, 0) is 16.4 Å². The van der Waals surface area contributed by atoms with E-state index in [2.05, 4.69) is 14.7 Å². The Labute approximate surface area is 124 Å². The molecule has 2 aromatic rings. The topological polar surface area (TPSA) is 101 Å². The summed E-state index contributed by atoms with van der Waals surface area (Å²) in [6, 6.07) is 3.59. The molecule has 0 fully saturated rings. The minimum absolute atomic E-state index is 0.181. The van der Waals surface area contributed by atoms with Gasteiger partial charge in [-0.1, -0.05) is 12.1 Å². The quantitative estimate of drug-likeness (QED) is 0.556. The van der Waals surface area contributed by atoms with Crippen molar-refractivity contribution in [2.75, 3.05) is 12.3 Å². The van der Waals surface area contributed by atoms with Gasteiger partial charge in [0, 0.05) is 25.4 Å². The van der Waals surface area contributed by atoms with Crippen LogP contribution in [0.4, 0.5) is 5.69 Å². The van der Waals surface area contributed by atoms with E-state index in [4.69, 9.17) is 5.73 Å². The SMILES string of the molecule is Cc1ccc(C)c(S(=O)(=O)NCCCc2ncc[nH]2)c1N. The molecule has 0 saturated heterocycles. The lowest BCUT2D eigenvalue weighted by Gasteiger charge is -2.13. The largest absolute Gasteiger partial charge is 0.397 e. The Morgan fingerprint density at radius 1 is 1.29 bits per heavy atom. The van der Waals surface area contributed by atoms with Crippen LogP contribution in [0, 0.1) is 13.8 Å². The van der Waals surface area contributed by atoms with Gasteiger partial charge in [-0.3, -0.25) is 0 Å². The predicted octanol–water partition coefficient (Wildman–Crippen LogP) is 1.52. The van der Waals surface area contributed by atoms with E-state index in [1.165, 1.54) is 0 Å². The zero-order chi connectivity index (χ0) is 15.5. The summed E-state index contributed by atoms with van der Waals surface area (Å²) < 4.78 is 27.3. The van der Waals surface area contributed by atoms with Gasteiger partial charge in [0.1, 0.15) is 10.7 Å². The maximum absolute atomic E-state index is 12.4. The van der Waals surface area contributed by atoms with Crippen LogP contribution in [0.15, 0.2) is 29.4 Å². The fraction of sp³-hybridized carbons (Fsp3) is 0.357. The second kappa shape index (κ2) is 6.28. The first-order valence-corrected chi connectivity index (χ1v) is 8.24. The van der Waals surface area contributed by atoms with E-state index in [1.54, 1.807) is 32.3 Å². The van der Waals surface area contributed by atoms with Gasteiger partial charge in [0.15, 0.2) is 0 Å². The number of rotatable bonds is 6. The van der Waals surface area contributed by atoms with Gasteiger partial charge in [0.2, 0.25) is 10.0 Å². The molecular formula is C14H20N4O2S. The van der Waals surface area contributed by atoms with Crippen molar-refractivity contribution in [3.63, 3.8) is 0 Å². The highest BCUT2D eigenvalue weighted by molar-refractivity contribution is 7.89. The second-order valence-electron chi connectivity index (χ2n) is 4.98. The first kappa shape index (κ1) is 15.5. The van der Waals surface area contributed by atoms with Crippen molar-refractivity contribution in [3.05, 3.63) is 41.5 Å². The van der Waals surface area contributed by atoms with Crippen molar-refractivity contribution in [2.45, 2.75) is 31.6 Å². The number of nitrogens with zero attached hydrogens (tertiary/aromatic N) is 1. The van der Waals surface area contributed by atoms with Crippen LogP contribution >= 0.6 is 0 Å². The molecule has 114 valence electrons. The maximum Gasteiger partial charge on any atom is 0.242 e. The highest BCUT2D eigenvalue weighted by Crippen LogP contribution is 2.25. The van der Waals surface area contributed by atoms with E-state index >= 15 is 0 Å². The number of nitrogens with two attached hydrogens (primary N) is 1. The number of aryl methyl sites for hydroxylation is 3. The van der Waals surface area contributed by atoms with Crippen LogP contribution in [0.5, 0.6) is 0 Å². The summed E-state index contributed by atoms with van der Waals surface area (Å²) in [5.41, 5.74) is 7.64. The molecule has 0 saturated carbocycles. The van der Waals surface area contributed by atoms with E-state index in [0.29, 0.717) is 30.6 Å². The van der Waals surface area contributed by atoms with Gasteiger partial charge in [-0.15, -0.1) is 0 Å². The Balaban J connectivity index is 2.04. The molecular weight excluding hydrogens is 288 g/mol. The standard InChI is InChI=1S/C14H20N4O2S/c1-10-5-6-11(2)14(13(10)15)21(19,20)18-7-3-4-12-16-8-9-17-12/h5-6,8-9,18H,3-4,7,15H2,1-2H3,(H,16,17). The summed E-state index contributed by atoms with van der Waals surface area (Å²) in [5.74, 6) is 0.848. The lowest BCUT2D eigenvalue weighted by atomic mass is 10.1. The molecule has 7 heteroatoms. The summed E-state index contributed by atoms with van der Waals surface area (Å²) in [4.78, 5) is 7.26. The van der Waals surface area contributed by atoms with Gasteiger partial charge >= 0.3 is 0 Å². The third-order valence-electron chi connectivity index (χ3n) is 3.32. The second-order valence-corrected chi connectivity index (χ2v) is 6.68. The summed E-state index contributed by atoms with van der Waals surface area (Å²) in [5, 5.41) is 0. The molecule has 0 aliphatic rings. The van der Waals surface area contributed by atoms with E-state index < -0.39 is 10.0 Å². The van der Waals surface area contributed by atoms with Crippen molar-refractivity contribution in [1.29, 1.82) is 0 Å². The number of nitrogen functional groups attached to an aromatic ring is 1. The average Bonchev–Trinajstić information content (AvgIpc) is 2.92. The lowest BCUT2D eigenvalue weighted by molar-refractivity contribution is 0.578. The summed E-state index contributed by atoms with van der Waals surface area (Å²) in [7, 11) is -3.59. The Kier molecular flexibility index (Phi) is 4.64. The van der Waals surface area contributed by atoms with Crippen LogP contribution in [0.2, 0.25) is 0 Å². The molecule has 4 N–H and O–H groups in total. The van der Waals surface area contributed by atoms with Crippen molar-refractivity contribution >= 4 is 15.7 Å². The van der Waals surface area contributed by atoms with Crippen LogP contribution in [0.1, 0.15) is 23.4 Å². The number of H-pyrrole nitrogens is 1. The molecule has 1 aromatic heterocycles. The molecule has 0 radical (unpaired) electrons. The maximum atomic E-state index is 12.4. The molecule has 1 heterocycles. The van der Waals surface area contributed by atoms with Crippen LogP contribution in [0.25, 0.3) is 0 Å². The number of anilines is 1. The number of aromatic amines is 1. The molecule has 1 aromatic carbocycles. The Morgan fingerprint density at radius 3 is 2.67 bits per heavy atom. The number of imidazole rings is 1. The van der Waals surface area contributed by atoms with Gasteiger partial charge < -0.3 is 10.7 Å². The van der Waals surface area contributed by atoms with Crippen molar-refractivity contribution in [3.8, 4) is 0 Å². The number of aromatic nitrogens is 2. The minimum atomic E-state index is -3.59. The van der Waals surface area contributed by atoms with E-state index in [-0.39, 0.29) is 4.90 Å². The Bertz CT molecular complexity index is 709. The first-order chi connectivity index (χ1) is 9.92. The molecule has 0 unspecified atom stereocenters. The fourth-order valence-corrected chi connectivity index (χ4v) is 3.63. The summed E-state index contributed by atoms with van der Waals surface area (Å²) in [6.45, 7) is 3.88. The Hall–Kier alpha value is -1.86. The van der Waals surface area contributed by atoms with E-state index in [0.717, 1.165) is 11.4 Å². The highest BCUT2D eigenvalue weighted by Gasteiger charge is 2.20. The molecule has 0 spiro atoms. The summed E-state index contributed by atoms with van der Waals surface area (Å²) in [6.07, 6.45) is 4.78. The van der Waals surface area contributed by atoms with Crippen LogP contribution in [-0.4, -0.2) is 24.9 Å². The lowest BCUT2D eigenvalue weighted by Crippen LogP contribution is -2.27. The number of benzene rings is 1. The predicted molar refractivity (Wildman–Crippen MR) is 82.4 cm³/mol. The third-order valence-corrected chi connectivity index (χ3v) is 4.98. The van der Waals surface area contributed by atoms with Crippen molar-refractivity contribution < 1.29 is 8.42 Å². The smallest absolute Gasteiger partial charge is 0.242 e. The van der Waals surface area contributed by atoms with Gasteiger partial charge in [0.25, 0.3) is 0 Å². The van der Waals surface area contributed by atoms with E-state index in [1.807, 2.05) is 6.07 Å². The Morgan fingerprint density at radius 2 is 2.00 bits per heavy atom. The third kappa shape index (κ3) is 3.62. The zero-order valence-corrected chi connectivity index (χ0v) is 13.0. The van der Waals surface area contributed by atoms with E-state index in [9.17, 15) is 8.42 Å². The first-order valence-electron chi connectivity index (χ1n) is 6.75. The van der Waals surface area contributed by atoms with Gasteiger partial charge in [-0.05, 0) is 31.4 Å².